The third kappa shape index (κ3) is 5.03. The zero-order chi connectivity index (χ0) is 19.9. The first kappa shape index (κ1) is 19.7. The molecule has 0 spiro atoms. The van der Waals surface area contributed by atoms with Crippen molar-refractivity contribution < 1.29 is 14.3 Å². The van der Waals surface area contributed by atoms with Crippen LogP contribution in [0.5, 0.6) is 0 Å². The summed E-state index contributed by atoms with van der Waals surface area (Å²) >= 11 is 7.41. The quantitative estimate of drug-likeness (QED) is 0.618. The predicted octanol–water partition coefficient (Wildman–Crippen LogP) is 3.99. The van der Waals surface area contributed by atoms with Gasteiger partial charge in [-0.1, -0.05) is 65.4 Å². The van der Waals surface area contributed by atoms with Gasteiger partial charge in [0.2, 0.25) is 5.01 Å². The van der Waals surface area contributed by atoms with Crippen LogP contribution >= 0.6 is 22.9 Å². The topological polar surface area (TPSA) is 81.2 Å². The van der Waals surface area contributed by atoms with E-state index in [-0.39, 0.29) is 10.9 Å². The molecule has 3 aromatic rings. The van der Waals surface area contributed by atoms with E-state index >= 15 is 0 Å². The average molecular weight is 414 g/mol. The van der Waals surface area contributed by atoms with Crippen molar-refractivity contribution in [1.29, 1.82) is 0 Å². The third-order valence-electron chi connectivity index (χ3n) is 3.74. The van der Waals surface area contributed by atoms with E-state index < -0.39 is 5.97 Å². The fourth-order valence-electron chi connectivity index (χ4n) is 2.31. The molecular formula is C20H16ClN3O3S. The molecule has 0 radical (unpaired) electrons. The number of halogens is 1. The number of benzene rings is 2. The molecule has 6 nitrogen and oxygen atoms in total. The Hall–Kier alpha value is -3.03. The summed E-state index contributed by atoms with van der Waals surface area (Å²) in [4.78, 5) is 23.7. The number of methoxy groups -OCH3 is 1. The fourth-order valence-corrected chi connectivity index (χ4v) is 3.25. The largest absolute Gasteiger partial charge is 0.465 e. The molecule has 1 amide bonds. The Morgan fingerprint density at radius 2 is 1.75 bits per heavy atom. The van der Waals surface area contributed by atoms with E-state index in [4.69, 9.17) is 11.6 Å². The van der Waals surface area contributed by atoms with Gasteiger partial charge in [0, 0.05) is 6.54 Å². The van der Waals surface area contributed by atoms with Crippen LogP contribution in [0.2, 0.25) is 0 Å². The van der Waals surface area contributed by atoms with Gasteiger partial charge in [-0.15, -0.1) is 10.2 Å². The number of esters is 1. The van der Waals surface area contributed by atoms with Crippen LogP contribution in [0.25, 0.3) is 11.1 Å². The van der Waals surface area contributed by atoms with E-state index in [1.165, 1.54) is 7.11 Å². The van der Waals surface area contributed by atoms with E-state index in [2.05, 4.69) is 20.3 Å². The number of carbonyl (C=O) groups is 2. The van der Waals surface area contributed by atoms with E-state index in [1.807, 2.05) is 30.3 Å². The number of nitrogens with one attached hydrogen (secondary N) is 1. The minimum absolute atomic E-state index is 0.235. The van der Waals surface area contributed by atoms with Crippen LogP contribution in [0.15, 0.2) is 54.6 Å². The van der Waals surface area contributed by atoms with Crippen LogP contribution < -0.4 is 5.32 Å². The standard InChI is InChI=1S/C20H16ClN3O3S/c1-27-20(26)15-9-7-13(8-10-15)11-16(21)18-23-24-19(28-18)17(25)22-12-14-5-3-2-4-6-14/h2-11H,12H2,1H3,(H,22,25)/b16-11-. The third-order valence-corrected chi connectivity index (χ3v) is 5.10. The van der Waals surface area contributed by atoms with Crippen molar-refractivity contribution in [3.8, 4) is 0 Å². The summed E-state index contributed by atoms with van der Waals surface area (Å²) in [6, 6.07) is 16.4. The molecule has 0 aliphatic heterocycles. The number of hydrogen-bond acceptors (Lipinski definition) is 6. The summed E-state index contributed by atoms with van der Waals surface area (Å²) in [5.41, 5.74) is 2.22. The molecule has 1 heterocycles. The summed E-state index contributed by atoms with van der Waals surface area (Å²) in [7, 11) is 1.33. The molecule has 3 rings (SSSR count). The zero-order valence-corrected chi connectivity index (χ0v) is 16.5. The van der Waals surface area contributed by atoms with Crippen molar-refractivity contribution in [2.24, 2.45) is 0 Å². The van der Waals surface area contributed by atoms with E-state index in [9.17, 15) is 9.59 Å². The normalized spacial score (nSPS) is 11.1. The summed E-state index contributed by atoms with van der Waals surface area (Å²) in [5.74, 6) is -0.712. The molecule has 142 valence electrons. The molecule has 8 heteroatoms. The Kier molecular flexibility index (Phi) is 6.52. The number of aromatic nitrogens is 2. The minimum atomic E-state index is -0.406. The molecule has 0 atom stereocenters. The van der Waals surface area contributed by atoms with Crippen LogP contribution in [-0.2, 0) is 11.3 Å². The Bertz CT molecular complexity index is 1000. The first-order valence-corrected chi connectivity index (χ1v) is 9.48. The van der Waals surface area contributed by atoms with Crippen LogP contribution in [0.1, 0.15) is 36.3 Å². The fraction of sp³-hybridized carbons (Fsp3) is 0.100. The summed E-state index contributed by atoms with van der Waals surface area (Å²) in [5, 5.41) is 11.7. The van der Waals surface area contributed by atoms with Crippen molar-refractivity contribution in [2.45, 2.75) is 6.54 Å². The highest BCUT2D eigenvalue weighted by Gasteiger charge is 2.14. The van der Waals surface area contributed by atoms with Gasteiger partial charge in [0.1, 0.15) is 0 Å². The van der Waals surface area contributed by atoms with Crippen molar-refractivity contribution in [2.75, 3.05) is 7.11 Å². The summed E-state index contributed by atoms with van der Waals surface area (Å²) in [6.07, 6.45) is 1.69. The second-order valence-electron chi connectivity index (χ2n) is 5.69. The molecule has 0 saturated heterocycles. The highest BCUT2D eigenvalue weighted by molar-refractivity contribution is 7.15. The van der Waals surface area contributed by atoms with Gasteiger partial charge in [0.15, 0.2) is 5.01 Å². The summed E-state index contributed by atoms with van der Waals surface area (Å²) < 4.78 is 4.66. The first-order valence-electron chi connectivity index (χ1n) is 8.28. The van der Waals surface area contributed by atoms with Gasteiger partial charge in [-0.25, -0.2) is 4.79 Å². The highest BCUT2D eigenvalue weighted by atomic mass is 35.5. The molecule has 0 saturated carbocycles. The van der Waals surface area contributed by atoms with Gasteiger partial charge in [0.05, 0.1) is 17.7 Å². The molecule has 1 N–H and O–H groups in total. The lowest BCUT2D eigenvalue weighted by molar-refractivity contribution is 0.0600. The molecule has 0 bridgehead atoms. The van der Waals surface area contributed by atoms with Gasteiger partial charge in [-0.05, 0) is 29.3 Å². The van der Waals surface area contributed by atoms with Gasteiger partial charge in [0.25, 0.3) is 5.91 Å². The van der Waals surface area contributed by atoms with E-state index in [0.29, 0.717) is 22.1 Å². The zero-order valence-electron chi connectivity index (χ0n) is 14.9. The first-order chi connectivity index (χ1) is 13.6. The maximum absolute atomic E-state index is 12.2. The number of nitrogens with zero attached hydrogens (tertiary/aromatic N) is 2. The second-order valence-corrected chi connectivity index (χ2v) is 7.07. The Balaban J connectivity index is 1.66. The van der Waals surface area contributed by atoms with E-state index in [0.717, 1.165) is 22.5 Å². The number of amides is 1. The Morgan fingerprint density at radius 3 is 2.43 bits per heavy atom. The van der Waals surface area contributed by atoms with Gasteiger partial charge >= 0.3 is 5.97 Å². The maximum Gasteiger partial charge on any atom is 0.337 e. The second kappa shape index (κ2) is 9.25. The molecular weight excluding hydrogens is 398 g/mol. The van der Waals surface area contributed by atoms with Crippen molar-refractivity contribution in [3.05, 3.63) is 81.3 Å². The molecule has 0 unspecified atom stereocenters. The van der Waals surface area contributed by atoms with Gasteiger partial charge in [-0.3, -0.25) is 4.79 Å². The molecule has 2 aromatic carbocycles. The van der Waals surface area contributed by atoms with Crippen molar-refractivity contribution in [3.63, 3.8) is 0 Å². The molecule has 0 fully saturated rings. The van der Waals surface area contributed by atoms with Gasteiger partial charge in [-0.2, -0.15) is 0 Å². The van der Waals surface area contributed by atoms with Crippen molar-refractivity contribution >= 4 is 45.9 Å². The van der Waals surface area contributed by atoms with E-state index in [1.54, 1.807) is 30.3 Å². The van der Waals surface area contributed by atoms with Crippen LogP contribution in [0.4, 0.5) is 0 Å². The lowest BCUT2D eigenvalue weighted by Gasteiger charge is -2.02. The minimum Gasteiger partial charge on any atom is -0.465 e. The maximum atomic E-state index is 12.2. The Labute approximate surface area is 170 Å². The molecule has 1 aromatic heterocycles. The Morgan fingerprint density at radius 1 is 1.07 bits per heavy atom. The van der Waals surface area contributed by atoms with Crippen LogP contribution in [-0.4, -0.2) is 29.2 Å². The smallest absolute Gasteiger partial charge is 0.337 e. The van der Waals surface area contributed by atoms with Crippen LogP contribution in [0, 0.1) is 0 Å². The number of rotatable bonds is 6. The summed E-state index contributed by atoms with van der Waals surface area (Å²) in [6.45, 7) is 0.407. The number of hydrogen-bond donors (Lipinski definition) is 1. The molecule has 0 aliphatic rings. The van der Waals surface area contributed by atoms with Gasteiger partial charge < -0.3 is 10.1 Å². The molecule has 0 aliphatic carbocycles. The number of carbonyl (C=O) groups excluding carboxylic acids is 2. The lowest BCUT2D eigenvalue weighted by Crippen LogP contribution is -2.22. The average Bonchev–Trinajstić information content (AvgIpc) is 3.23. The lowest BCUT2D eigenvalue weighted by atomic mass is 10.1. The monoisotopic (exact) mass is 413 g/mol. The van der Waals surface area contributed by atoms with Crippen LogP contribution in [0.3, 0.4) is 0 Å². The molecule has 28 heavy (non-hydrogen) atoms. The number of ether oxygens (including phenoxy) is 1. The highest BCUT2D eigenvalue weighted by Crippen LogP contribution is 2.25. The predicted molar refractivity (Wildman–Crippen MR) is 109 cm³/mol. The van der Waals surface area contributed by atoms with Crippen molar-refractivity contribution in [1.82, 2.24) is 15.5 Å². The SMILES string of the molecule is COC(=O)c1ccc(/C=C(\Cl)c2nnc(C(=O)NCc3ccccc3)s2)cc1.